The van der Waals surface area contributed by atoms with Crippen molar-refractivity contribution in [3.63, 3.8) is 0 Å². The van der Waals surface area contributed by atoms with Crippen molar-refractivity contribution in [2.24, 2.45) is 0 Å². The molecule has 4 heterocycles. The molecule has 0 saturated heterocycles. The summed E-state index contributed by atoms with van der Waals surface area (Å²) in [6, 6.07) is 9.81. The molecule has 5 nitrogen and oxygen atoms in total. The molecule has 4 aromatic rings. The van der Waals surface area contributed by atoms with Gasteiger partial charge in [-0.2, -0.15) is 0 Å². The van der Waals surface area contributed by atoms with E-state index >= 15 is 0 Å². The lowest BCUT2D eigenvalue weighted by Crippen LogP contribution is -2.33. The second kappa shape index (κ2) is 6.65. The van der Waals surface area contributed by atoms with E-state index in [0.717, 1.165) is 49.4 Å². The molecule has 0 unspecified atom stereocenters. The van der Waals surface area contributed by atoms with E-state index in [1.807, 2.05) is 30.3 Å². The fourth-order valence-electron chi connectivity index (χ4n) is 3.61. The first-order valence-corrected chi connectivity index (χ1v) is 10.3. The van der Waals surface area contributed by atoms with Crippen LogP contribution in [0.5, 0.6) is 5.75 Å². The van der Waals surface area contributed by atoms with E-state index < -0.39 is 0 Å². The van der Waals surface area contributed by atoms with E-state index in [1.165, 1.54) is 17.7 Å². The zero-order valence-corrected chi connectivity index (χ0v) is 17.1. The average molecular weight is 412 g/mol. The van der Waals surface area contributed by atoms with Gasteiger partial charge in [-0.3, -0.25) is 0 Å². The Morgan fingerprint density at radius 3 is 2.86 bits per heavy atom. The van der Waals surface area contributed by atoms with E-state index in [0.29, 0.717) is 18.4 Å². The van der Waals surface area contributed by atoms with Gasteiger partial charge in [0.2, 0.25) is 0 Å². The molecule has 0 atom stereocenters. The largest absolute Gasteiger partial charge is 0.489 e. The number of hydrogen-bond donors (Lipinski definition) is 0. The maximum Gasteiger partial charge on any atom is 0.150 e. The third kappa shape index (κ3) is 3.02. The van der Waals surface area contributed by atoms with Crippen LogP contribution >= 0.6 is 22.9 Å². The van der Waals surface area contributed by atoms with Gasteiger partial charge in [-0.1, -0.05) is 29.8 Å². The maximum absolute atomic E-state index is 6.33. The first kappa shape index (κ1) is 17.8. The van der Waals surface area contributed by atoms with Gasteiger partial charge in [0.05, 0.1) is 28.1 Å². The summed E-state index contributed by atoms with van der Waals surface area (Å²) < 4.78 is 13.1. The third-order valence-electron chi connectivity index (χ3n) is 4.99. The van der Waals surface area contributed by atoms with Crippen molar-refractivity contribution < 1.29 is 9.47 Å². The van der Waals surface area contributed by atoms with Crippen molar-refractivity contribution in [1.29, 1.82) is 0 Å². The Labute approximate surface area is 171 Å². The molecule has 3 aromatic heterocycles. The van der Waals surface area contributed by atoms with Crippen LogP contribution in [0.2, 0.25) is 5.15 Å². The van der Waals surface area contributed by atoms with E-state index in [4.69, 9.17) is 26.1 Å². The highest BCUT2D eigenvalue weighted by Crippen LogP contribution is 2.41. The number of nitrogens with zero attached hydrogens (tertiary/aromatic N) is 3. The van der Waals surface area contributed by atoms with Crippen LogP contribution in [0.15, 0.2) is 36.7 Å². The van der Waals surface area contributed by atoms with E-state index in [9.17, 15) is 0 Å². The second-order valence-electron chi connectivity index (χ2n) is 7.47. The number of ether oxygens (including phenoxy) is 2. The lowest BCUT2D eigenvalue weighted by atomic mass is 9.92. The summed E-state index contributed by atoms with van der Waals surface area (Å²) in [5.41, 5.74) is 3.81. The molecule has 7 heteroatoms. The minimum atomic E-state index is -0.237. The second-order valence-corrected chi connectivity index (χ2v) is 8.82. The number of fused-ring (bicyclic) bond motifs is 4. The first-order chi connectivity index (χ1) is 13.5. The number of rotatable bonds is 3. The normalized spacial score (nSPS) is 15.7. The molecule has 5 rings (SSSR count). The Bertz CT molecular complexity index is 1190. The van der Waals surface area contributed by atoms with E-state index in [1.54, 1.807) is 0 Å². The molecule has 0 spiro atoms. The summed E-state index contributed by atoms with van der Waals surface area (Å²) in [5.74, 6) is 0.825. The molecule has 0 fully saturated rings. The average Bonchev–Trinajstić information content (AvgIpc) is 3.05. The van der Waals surface area contributed by atoms with Crippen LogP contribution in [-0.4, -0.2) is 20.6 Å². The molecule has 0 bridgehead atoms. The Morgan fingerprint density at radius 2 is 2.04 bits per heavy atom. The molecular formula is C21H18ClN3O2S. The first-order valence-electron chi connectivity index (χ1n) is 9.07. The lowest BCUT2D eigenvalue weighted by molar-refractivity contribution is -0.0417. The van der Waals surface area contributed by atoms with Gasteiger partial charge in [-0.25, -0.2) is 15.0 Å². The van der Waals surface area contributed by atoms with Crippen LogP contribution in [0, 0.1) is 0 Å². The quantitative estimate of drug-likeness (QED) is 0.427. The van der Waals surface area contributed by atoms with Gasteiger partial charge in [0.15, 0.2) is 0 Å². The van der Waals surface area contributed by atoms with Crippen molar-refractivity contribution in [2.45, 2.75) is 39.1 Å². The Morgan fingerprint density at radius 1 is 1.21 bits per heavy atom. The van der Waals surface area contributed by atoms with Gasteiger partial charge < -0.3 is 9.47 Å². The van der Waals surface area contributed by atoms with Crippen molar-refractivity contribution in [3.8, 4) is 5.75 Å². The van der Waals surface area contributed by atoms with E-state index in [2.05, 4.69) is 23.8 Å². The van der Waals surface area contributed by atoms with Crippen molar-refractivity contribution >= 4 is 43.4 Å². The van der Waals surface area contributed by atoms with Crippen molar-refractivity contribution in [3.05, 3.63) is 58.6 Å². The molecule has 1 aromatic carbocycles. The van der Waals surface area contributed by atoms with Crippen LogP contribution in [-0.2, 0) is 24.4 Å². The Kier molecular flexibility index (Phi) is 4.23. The number of pyridine rings is 1. The predicted octanol–water partition coefficient (Wildman–Crippen LogP) is 5.32. The molecule has 28 heavy (non-hydrogen) atoms. The van der Waals surface area contributed by atoms with Crippen LogP contribution < -0.4 is 4.74 Å². The number of benzene rings is 1. The SMILES string of the molecule is CC1(C)Cc2nc3sc4c(Cl)ncnc4c3c(COc3ccccc3)c2CO1. The number of para-hydroxylation sites is 1. The minimum Gasteiger partial charge on any atom is -0.489 e. The monoisotopic (exact) mass is 411 g/mol. The summed E-state index contributed by atoms with van der Waals surface area (Å²) in [7, 11) is 0. The number of thiophene rings is 1. The number of hydrogen-bond acceptors (Lipinski definition) is 6. The van der Waals surface area contributed by atoms with Gasteiger partial charge in [0.25, 0.3) is 0 Å². The molecule has 0 aliphatic carbocycles. The smallest absolute Gasteiger partial charge is 0.150 e. The van der Waals surface area contributed by atoms with Crippen LogP contribution in [0.25, 0.3) is 20.4 Å². The van der Waals surface area contributed by atoms with E-state index in [-0.39, 0.29) is 5.60 Å². The van der Waals surface area contributed by atoms with Crippen LogP contribution in [0.3, 0.4) is 0 Å². The van der Waals surface area contributed by atoms with Crippen LogP contribution in [0.4, 0.5) is 0 Å². The third-order valence-corrected chi connectivity index (χ3v) is 6.47. The zero-order valence-electron chi connectivity index (χ0n) is 15.5. The highest BCUT2D eigenvalue weighted by atomic mass is 35.5. The highest BCUT2D eigenvalue weighted by molar-refractivity contribution is 7.26. The summed E-state index contributed by atoms with van der Waals surface area (Å²) in [4.78, 5) is 14.5. The standard InChI is InChI=1S/C21H18ClN3O2S/c1-21(2)8-15-13(10-27-21)14(9-26-12-6-4-3-5-7-12)16-17-18(28-20(16)25-15)19(22)24-11-23-17/h3-7,11H,8-10H2,1-2H3. The van der Waals surface area contributed by atoms with Gasteiger partial charge in [0.1, 0.15) is 28.7 Å². The minimum absolute atomic E-state index is 0.237. The van der Waals surface area contributed by atoms with Crippen molar-refractivity contribution in [2.75, 3.05) is 0 Å². The highest BCUT2D eigenvalue weighted by Gasteiger charge is 2.31. The summed E-state index contributed by atoms with van der Waals surface area (Å²) in [6.07, 6.45) is 2.25. The topological polar surface area (TPSA) is 57.1 Å². The van der Waals surface area contributed by atoms with Gasteiger partial charge in [0, 0.05) is 22.9 Å². The fraction of sp³-hybridized carbons (Fsp3) is 0.286. The molecule has 0 saturated carbocycles. The van der Waals surface area contributed by atoms with Gasteiger partial charge in [-0.05, 0) is 26.0 Å². The molecule has 0 N–H and O–H groups in total. The zero-order chi connectivity index (χ0) is 19.3. The number of aromatic nitrogens is 3. The number of halogens is 1. The molecule has 0 radical (unpaired) electrons. The molecule has 142 valence electrons. The predicted molar refractivity (Wildman–Crippen MR) is 111 cm³/mol. The summed E-state index contributed by atoms with van der Waals surface area (Å²) >= 11 is 7.87. The Hall–Kier alpha value is -2.28. The van der Waals surface area contributed by atoms with Crippen molar-refractivity contribution in [1.82, 2.24) is 15.0 Å². The molecule has 0 amide bonds. The van der Waals surface area contributed by atoms with Gasteiger partial charge in [-0.15, -0.1) is 11.3 Å². The molecule has 1 aliphatic rings. The lowest BCUT2D eigenvalue weighted by Gasteiger charge is -2.32. The summed E-state index contributed by atoms with van der Waals surface area (Å²) in [5, 5.41) is 1.44. The van der Waals surface area contributed by atoms with Gasteiger partial charge >= 0.3 is 0 Å². The Balaban J connectivity index is 1.72. The van der Waals surface area contributed by atoms with Crippen LogP contribution in [0.1, 0.15) is 30.7 Å². The summed E-state index contributed by atoms with van der Waals surface area (Å²) in [6.45, 7) is 5.11. The molecular weight excluding hydrogens is 394 g/mol. The maximum atomic E-state index is 6.33. The fourth-order valence-corrected chi connectivity index (χ4v) is 4.91. The molecule has 1 aliphatic heterocycles.